The zero-order chi connectivity index (χ0) is 33.3. The van der Waals surface area contributed by atoms with Crippen LogP contribution in [0.4, 0.5) is 5.69 Å². The molecule has 4 aromatic rings. The molecule has 0 heterocycles. The lowest BCUT2D eigenvalue weighted by molar-refractivity contribution is -0.140. The van der Waals surface area contributed by atoms with Gasteiger partial charge < -0.3 is 19.7 Å². The Morgan fingerprint density at radius 3 is 2.07 bits per heavy atom. The lowest BCUT2D eigenvalue weighted by atomic mass is 10.0. The van der Waals surface area contributed by atoms with Crippen LogP contribution >= 0.6 is 0 Å². The number of hydrogen-bond acceptors (Lipinski definition) is 6. The number of sulfonamides is 1. The molecule has 1 unspecified atom stereocenters. The van der Waals surface area contributed by atoms with Crippen molar-refractivity contribution in [1.82, 2.24) is 10.2 Å². The van der Waals surface area contributed by atoms with Gasteiger partial charge in [-0.15, -0.1) is 0 Å². The van der Waals surface area contributed by atoms with Gasteiger partial charge in [0.15, 0.2) is 0 Å². The SMILES string of the molecule is COc1ccc(S(=O)(=O)N(CC(=O)N(Cc2ccccc2C)C(Cc2ccccc2)C(=O)NC(C)C)c2ccccc2OC)cc1. The molecule has 0 aliphatic rings. The number of amides is 2. The summed E-state index contributed by atoms with van der Waals surface area (Å²) in [6, 6.07) is 28.6. The number of para-hydroxylation sites is 2. The maximum absolute atomic E-state index is 14.6. The van der Waals surface area contributed by atoms with Crippen molar-refractivity contribution >= 4 is 27.5 Å². The van der Waals surface area contributed by atoms with Crippen LogP contribution in [0, 0.1) is 6.92 Å². The summed E-state index contributed by atoms with van der Waals surface area (Å²) in [4.78, 5) is 29.9. The summed E-state index contributed by atoms with van der Waals surface area (Å²) in [5.41, 5.74) is 2.83. The van der Waals surface area contributed by atoms with Gasteiger partial charge in [-0.25, -0.2) is 8.42 Å². The highest BCUT2D eigenvalue weighted by molar-refractivity contribution is 7.92. The summed E-state index contributed by atoms with van der Waals surface area (Å²) in [5.74, 6) is -0.117. The second kappa shape index (κ2) is 15.4. The van der Waals surface area contributed by atoms with Gasteiger partial charge in [0.2, 0.25) is 11.8 Å². The van der Waals surface area contributed by atoms with Crippen molar-refractivity contribution < 1.29 is 27.5 Å². The fraction of sp³-hybridized carbons (Fsp3) is 0.278. The van der Waals surface area contributed by atoms with Crippen molar-refractivity contribution in [1.29, 1.82) is 0 Å². The van der Waals surface area contributed by atoms with Crippen molar-refractivity contribution in [3.63, 3.8) is 0 Å². The number of anilines is 1. The van der Waals surface area contributed by atoms with E-state index in [1.165, 1.54) is 31.3 Å². The van der Waals surface area contributed by atoms with E-state index in [-0.39, 0.29) is 41.2 Å². The van der Waals surface area contributed by atoms with Gasteiger partial charge in [0.25, 0.3) is 10.0 Å². The second-order valence-corrected chi connectivity index (χ2v) is 13.0. The molecule has 0 aliphatic heterocycles. The average molecular weight is 644 g/mol. The summed E-state index contributed by atoms with van der Waals surface area (Å²) in [5, 5.41) is 2.97. The number of ether oxygens (including phenoxy) is 2. The number of hydrogen-bond donors (Lipinski definition) is 1. The molecule has 10 heteroatoms. The fourth-order valence-electron chi connectivity index (χ4n) is 5.13. The Bertz CT molecular complexity index is 1730. The number of carbonyl (C=O) groups excluding carboxylic acids is 2. The van der Waals surface area contributed by atoms with Crippen LogP contribution in [-0.4, -0.2) is 58.0 Å². The predicted octanol–water partition coefficient (Wildman–Crippen LogP) is 5.37. The lowest BCUT2D eigenvalue weighted by Crippen LogP contribution is -2.54. The molecule has 242 valence electrons. The standard InChI is InChI=1S/C36H41N3O6S/c1-26(2)37-36(41)33(23-28-14-7-6-8-15-28)38(24-29-16-10-9-13-27(29)3)35(40)25-39(32-17-11-12-18-34(32)45-5)46(42,43)31-21-19-30(44-4)20-22-31/h6-22,26,33H,23-25H2,1-5H3,(H,37,41). The molecule has 9 nitrogen and oxygen atoms in total. The average Bonchev–Trinajstić information content (AvgIpc) is 3.06. The monoisotopic (exact) mass is 643 g/mol. The van der Waals surface area contributed by atoms with Crippen molar-refractivity contribution in [2.24, 2.45) is 0 Å². The molecule has 0 saturated carbocycles. The van der Waals surface area contributed by atoms with Gasteiger partial charge in [-0.1, -0.05) is 66.7 Å². The molecule has 1 atom stereocenters. The summed E-state index contributed by atoms with van der Waals surface area (Å²) in [7, 11) is -1.36. The Hall–Kier alpha value is -4.83. The second-order valence-electron chi connectivity index (χ2n) is 11.2. The van der Waals surface area contributed by atoms with Gasteiger partial charge >= 0.3 is 0 Å². The number of nitrogens with zero attached hydrogens (tertiary/aromatic N) is 2. The smallest absolute Gasteiger partial charge is 0.264 e. The van der Waals surface area contributed by atoms with E-state index in [1.807, 2.05) is 75.4 Å². The first-order chi connectivity index (χ1) is 22.0. The fourth-order valence-corrected chi connectivity index (χ4v) is 6.55. The third kappa shape index (κ3) is 8.25. The maximum atomic E-state index is 14.6. The molecule has 0 radical (unpaired) electrons. The van der Waals surface area contributed by atoms with Crippen LogP contribution in [0.25, 0.3) is 0 Å². The van der Waals surface area contributed by atoms with E-state index in [0.717, 1.165) is 21.0 Å². The number of carbonyl (C=O) groups is 2. The van der Waals surface area contributed by atoms with Crippen LogP contribution in [0.3, 0.4) is 0 Å². The Labute approximate surface area is 271 Å². The minimum absolute atomic E-state index is 0.0316. The summed E-state index contributed by atoms with van der Waals surface area (Å²) in [6.45, 7) is 5.16. The molecule has 4 aromatic carbocycles. The van der Waals surface area contributed by atoms with Crippen LogP contribution in [0.5, 0.6) is 11.5 Å². The molecule has 0 fully saturated rings. The quantitative estimate of drug-likeness (QED) is 0.198. The molecule has 0 spiro atoms. The molecule has 0 bridgehead atoms. The highest BCUT2D eigenvalue weighted by atomic mass is 32.2. The van der Waals surface area contributed by atoms with Crippen LogP contribution in [0.15, 0.2) is 108 Å². The van der Waals surface area contributed by atoms with Gasteiger partial charge in [-0.2, -0.15) is 0 Å². The Balaban J connectivity index is 1.84. The summed E-state index contributed by atoms with van der Waals surface area (Å²) < 4.78 is 40.4. The Morgan fingerprint density at radius 2 is 1.43 bits per heavy atom. The number of aryl methyl sites for hydroxylation is 1. The molecule has 4 rings (SSSR count). The first-order valence-electron chi connectivity index (χ1n) is 15.0. The molecule has 1 N–H and O–H groups in total. The maximum Gasteiger partial charge on any atom is 0.264 e. The Kier molecular flexibility index (Phi) is 11.4. The van der Waals surface area contributed by atoms with Crippen molar-refractivity contribution in [2.75, 3.05) is 25.1 Å². The lowest BCUT2D eigenvalue weighted by Gasteiger charge is -2.34. The minimum Gasteiger partial charge on any atom is -0.497 e. The number of methoxy groups -OCH3 is 2. The molecule has 46 heavy (non-hydrogen) atoms. The zero-order valence-corrected chi connectivity index (χ0v) is 27.7. The van der Waals surface area contributed by atoms with Crippen molar-refractivity contribution in [2.45, 2.75) is 50.7 Å². The van der Waals surface area contributed by atoms with E-state index in [9.17, 15) is 18.0 Å². The minimum atomic E-state index is -4.30. The third-order valence-corrected chi connectivity index (χ3v) is 9.36. The molecule has 2 amide bonds. The van der Waals surface area contributed by atoms with Crippen LogP contribution in [-0.2, 0) is 32.6 Å². The first-order valence-corrected chi connectivity index (χ1v) is 16.5. The normalized spacial score (nSPS) is 11.9. The zero-order valence-electron chi connectivity index (χ0n) is 26.8. The van der Waals surface area contributed by atoms with Crippen LogP contribution in [0.1, 0.15) is 30.5 Å². The Morgan fingerprint density at radius 1 is 0.804 bits per heavy atom. The van der Waals surface area contributed by atoms with Crippen molar-refractivity contribution in [3.8, 4) is 11.5 Å². The molecule has 0 saturated heterocycles. The number of rotatable bonds is 14. The van der Waals surface area contributed by atoms with E-state index >= 15 is 0 Å². The van der Waals surface area contributed by atoms with Gasteiger partial charge in [0.05, 0.1) is 24.8 Å². The van der Waals surface area contributed by atoms with Gasteiger partial charge in [0, 0.05) is 19.0 Å². The summed E-state index contributed by atoms with van der Waals surface area (Å²) in [6.07, 6.45) is 0.233. The van der Waals surface area contributed by atoms with Crippen LogP contribution in [0.2, 0.25) is 0 Å². The van der Waals surface area contributed by atoms with E-state index in [0.29, 0.717) is 5.75 Å². The molecular formula is C36H41N3O6S. The first kappa shape index (κ1) is 34.1. The van der Waals surface area contributed by atoms with E-state index in [2.05, 4.69) is 5.32 Å². The highest BCUT2D eigenvalue weighted by Crippen LogP contribution is 2.33. The van der Waals surface area contributed by atoms with E-state index < -0.39 is 28.5 Å². The van der Waals surface area contributed by atoms with Crippen molar-refractivity contribution in [3.05, 3.63) is 120 Å². The highest BCUT2D eigenvalue weighted by Gasteiger charge is 2.35. The largest absolute Gasteiger partial charge is 0.497 e. The van der Waals surface area contributed by atoms with E-state index in [4.69, 9.17) is 9.47 Å². The van der Waals surface area contributed by atoms with Gasteiger partial charge in [-0.05, 0) is 73.9 Å². The molecule has 0 aromatic heterocycles. The van der Waals surface area contributed by atoms with E-state index in [1.54, 1.807) is 36.4 Å². The molecule has 0 aliphatic carbocycles. The topological polar surface area (TPSA) is 105 Å². The van der Waals surface area contributed by atoms with Gasteiger partial charge in [-0.3, -0.25) is 13.9 Å². The third-order valence-electron chi connectivity index (χ3n) is 7.58. The number of benzene rings is 4. The van der Waals surface area contributed by atoms with Gasteiger partial charge in [0.1, 0.15) is 24.1 Å². The number of nitrogens with one attached hydrogen (secondary N) is 1. The predicted molar refractivity (Wildman–Crippen MR) is 179 cm³/mol. The van der Waals surface area contributed by atoms with Crippen LogP contribution < -0.4 is 19.1 Å². The molecular weight excluding hydrogens is 602 g/mol. The summed E-state index contributed by atoms with van der Waals surface area (Å²) >= 11 is 0.